The predicted octanol–water partition coefficient (Wildman–Crippen LogP) is 1.41. The third-order valence-electron chi connectivity index (χ3n) is 2.14. The summed E-state index contributed by atoms with van der Waals surface area (Å²) in [5.41, 5.74) is 6.43. The van der Waals surface area contributed by atoms with E-state index in [1.807, 2.05) is 12.1 Å². The number of ether oxygens (including phenoxy) is 2. The molecular weight excluding hydrogens is 228 g/mol. The van der Waals surface area contributed by atoms with Crippen molar-refractivity contribution in [2.24, 2.45) is 5.73 Å². The van der Waals surface area contributed by atoms with Gasteiger partial charge in [0.15, 0.2) is 11.5 Å². The third-order valence-corrected chi connectivity index (χ3v) is 2.42. The topological polar surface area (TPSA) is 56.5 Å². The Balaban J connectivity index is 2.83. The van der Waals surface area contributed by atoms with Gasteiger partial charge in [0.05, 0.1) is 19.2 Å². The van der Waals surface area contributed by atoms with Crippen LogP contribution in [0.15, 0.2) is 12.1 Å². The van der Waals surface area contributed by atoms with Gasteiger partial charge in [0.1, 0.15) is 0 Å². The summed E-state index contributed by atoms with van der Waals surface area (Å²) in [7, 11) is 3.15. The monoisotopic (exact) mass is 244 g/mol. The first-order valence-corrected chi connectivity index (χ1v) is 5.42. The van der Waals surface area contributed by atoms with Crippen LogP contribution < -0.4 is 20.5 Å². The first-order chi connectivity index (χ1) is 7.72. The highest BCUT2D eigenvalue weighted by Gasteiger charge is 2.10. The molecule has 0 heterocycles. The second-order valence-corrected chi connectivity index (χ2v) is 3.69. The molecule has 0 unspecified atom stereocenters. The first-order valence-electron chi connectivity index (χ1n) is 5.04. The Labute approximate surface area is 101 Å². The standard InChI is InChI=1S/C11H17ClN2O2/c1-15-10-6-8(7-14-4-3-13)5-9(12)11(10)16-2/h5-6,14H,3-4,7,13H2,1-2H3. The van der Waals surface area contributed by atoms with Crippen molar-refractivity contribution in [3.05, 3.63) is 22.7 Å². The van der Waals surface area contributed by atoms with Crippen molar-refractivity contribution >= 4 is 11.6 Å². The highest BCUT2D eigenvalue weighted by molar-refractivity contribution is 6.32. The maximum Gasteiger partial charge on any atom is 0.179 e. The molecule has 0 amide bonds. The fraction of sp³-hybridized carbons (Fsp3) is 0.455. The summed E-state index contributed by atoms with van der Waals surface area (Å²) in [5.74, 6) is 1.20. The summed E-state index contributed by atoms with van der Waals surface area (Å²) < 4.78 is 10.4. The lowest BCUT2D eigenvalue weighted by Crippen LogP contribution is -2.21. The van der Waals surface area contributed by atoms with E-state index in [1.165, 1.54) is 0 Å². The Hall–Kier alpha value is -0.970. The number of nitrogens with one attached hydrogen (secondary N) is 1. The minimum absolute atomic E-state index is 0.548. The van der Waals surface area contributed by atoms with E-state index in [-0.39, 0.29) is 0 Å². The number of rotatable bonds is 6. The molecule has 0 atom stereocenters. The van der Waals surface area contributed by atoms with Gasteiger partial charge in [-0.3, -0.25) is 0 Å². The van der Waals surface area contributed by atoms with Crippen molar-refractivity contribution in [1.29, 1.82) is 0 Å². The van der Waals surface area contributed by atoms with Gasteiger partial charge in [-0.05, 0) is 17.7 Å². The number of nitrogens with two attached hydrogens (primary N) is 1. The van der Waals surface area contributed by atoms with Crippen LogP contribution in [0.1, 0.15) is 5.56 Å². The molecular formula is C11H17ClN2O2. The first kappa shape index (κ1) is 13.1. The summed E-state index contributed by atoms with van der Waals surface area (Å²) in [6.07, 6.45) is 0. The Morgan fingerprint density at radius 2 is 2.06 bits per heavy atom. The van der Waals surface area contributed by atoms with Crippen LogP contribution >= 0.6 is 11.6 Å². The number of halogens is 1. The third kappa shape index (κ3) is 3.27. The maximum atomic E-state index is 6.07. The largest absolute Gasteiger partial charge is 0.493 e. The van der Waals surface area contributed by atoms with Gasteiger partial charge in [0.2, 0.25) is 0 Å². The number of methoxy groups -OCH3 is 2. The van der Waals surface area contributed by atoms with E-state index in [0.717, 1.165) is 12.1 Å². The lowest BCUT2D eigenvalue weighted by molar-refractivity contribution is 0.354. The smallest absolute Gasteiger partial charge is 0.179 e. The molecule has 0 fully saturated rings. The van der Waals surface area contributed by atoms with Crippen LogP contribution in [0.3, 0.4) is 0 Å². The zero-order valence-electron chi connectivity index (χ0n) is 9.55. The highest BCUT2D eigenvalue weighted by Crippen LogP contribution is 2.35. The van der Waals surface area contributed by atoms with Crippen LogP contribution in [0.2, 0.25) is 5.02 Å². The molecule has 16 heavy (non-hydrogen) atoms. The second kappa shape index (κ2) is 6.58. The van der Waals surface area contributed by atoms with Crippen molar-refractivity contribution in [2.45, 2.75) is 6.54 Å². The van der Waals surface area contributed by atoms with Gasteiger partial charge >= 0.3 is 0 Å². The van der Waals surface area contributed by atoms with Gasteiger partial charge in [-0.15, -0.1) is 0 Å². The van der Waals surface area contributed by atoms with Crippen LogP contribution in [-0.2, 0) is 6.54 Å². The summed E-state index contributed by atoms with van der Waals surface area (Å²) in [6, 6.07) is 3.75. The Morgan fingerprint density at radius 1 is 1.31 bits per heavy atom. The summed E-state index contributed by atoms with van der Waals surface area (Å²) in [6.45, 7) is 2.09. The van der Waals surface area contributed by atoms with Crippen LogP contribution in [0.25, 0.3) is 0 Å². The molecule has 90 valence electrons. The number of hydrogen-bond donors (Lipinski definition) is 2. The zero-order valence-corrected chi connectivity index (χ0v) is 10.3. The van der Waals surface area contributed by atoms with E-state index in [9.17, 15) is 0 Å². The van der Waals surface area contributed by atoms with Crippen molar-refractivity contribution in [2.75, 3.05) is 27.3 Å². The lowest BCUT2D eigenvalue weighted by atomic mass is 10.2. The van der Waals surface area contributed by atoms with E-state index in [1.54, 1.807) is 14.2 Å². The summed E-state index contributed by atoms with van der Waals surface area (Å²) in [4.78, 5) is 0. The molecule has 5 heteroatoms. The molecule has 0 aliphatic rings. The quantitative estimate of drug-likeness (QED) is 0.743. The molecule has 1 rings (SSSR count). The summed E-state index contributed by atoms with van der Waals surface area (Å²) in [5, 5.41) is 3.73. The van der Waals surface area contributed by atoms with Gasteiger partial charge < -0.3 is 20.5 Å². The van der Waals surface area contributed by atoms with Crippen molar-refractivity contribution < 1.29 is 9.47 Å². The van der Waals surface area contributed by atoms with Gasteiger partial charge in [-0.1, -0.05) is 11.6 Å². The van der Waals surface area contributed by atoms with Crippen LogP contribution in [0.5, 0.6) is 11.5 Å². The molecule has 0 radical (unpaired) electrons. The summed E-state index contributed by atoms with van der Waals surface area (Å²) >= 11 is 6.07. The molecule has 0 saturated heterocycles. The lowest BCUT2D eigenvalue weighted by Gasteiger charge is -2.12. The van der Waals surface area contributed by atoms with Crippen LogP contribution in [0.4, 0.5) is 0 Å². The van der Waals surface area contributed by atoms with Crippen molar-refractivity contribution in [1.82, 2.24) is 5.32 Å². The van der Waals surface area contributed by atoms with Crippen molar-refractivity contribution in [3.8, 4) is 11.5 Å². The fourth-order valence-electron chi connectivity index (χ4n) is 1.41. The fourth-order valence-corrected chi connectivity index (χ4v) is 1.72. The van der Waals surface area contributed by atoms with Gasteiger partial charge in [-0.2, -0.15) is 0 Å². The highest BCUT2D eigenvalue weighted by atomic mass is 35.5. The maximum absolute atomic E-state index is 6.07. The van der Waals surface area contributed by atoms with Crippen molar-refractivity contribution in [3.63, 3.8) is 0 Å². The molecule has 0 aromatic heterocycles. The van der Waals surface area contributed by atoms with E-state index in [0.29, 0.717) is 29.6 Å². The van der Waals surface area contributed by atoms with Gasteiger partial charge in [0, 0.05) is 19.6 Å². The molecule has 0 spiro atoms. The van der Waals surface area contributed by atoms with Gasteiger partial charge in [0.25, 0.3) is 0 Å². The van der Waals surface area contributed by atoms with E-state index in [4.69, 9.17) is 26.8 Å². The van der Waals surface area contributed by atoms with Gasteiger partial charge in [-0.25, -0.2) is 0 Å². The molecule has 0 aliphatic carbocycles. The molecule has 4 nitrogen and oxygen atoms in total. The minimum Gasteiger partial charge on any atom is -0.493 e. The molecule has 0 saturated carbocycles. The predicted molar refractivity (Wildman–Crippen MR) is 65.3 cm³/mol. The number of hydrogen-bond acceptors (Lipinski definition) is 4. The normalized spacial score (nSPS) is 10.2. The average molecular weight is 245 g/mol. The molecule has 1 aromatic rings. The SMILES string of the molecule is COc1cc(CNCCN)cc(Cl)c1OC. The Bertz CT molecular complexity index is 345. The Kier molecular flexibility index (Phi) is 5.38. The molecule has 3 N–H and O–H groups in total. The van der Waals surface area contributed by atoms with E-state index < -0.39 is 0 Å². The molecule has 1 aromatic carbocycles. The van der Waals surface area contributed by atoms with Crippen LogP contribution in [0, 0.1) is 0 Å². The minimum atomic E-state index is 0.548. The molecule has 0 aliphatic heterocycles. The average Bonchev–Trinajstić information content (AvgIpc) is 2.28. The Morgan fingerprint density at radius 3 is 2.62 bits per heavy atom. The molecule has 0 bridgehead atoms. The number of benzene rings is 1. The second-order valence-electron chi connectivity index (χ2n) is 3.28. The van der Waals surface area contributed by atoms with Crippen LogP contribution in [-0.4, -0.2) is 27.3 Å². The zero-order chi connectivity index (χ0) is 12.0. The van der Waals surface area contributed by atoms with E-state index in [2.05, 4.69) is 5.32 Å². The van der Waals surface area contributed by atoms with E-state index >= 15 is 0 Å².